The largest absolute Gasteiger partial charge is 0.459 e. The lowest BCUT2D eigenvalue weighted by Crippen LogP contribution is -2.36. The topological polar surface area (TPSA) is 83.4 Å². The number of amides is 3. The monoisotopic (exact) mass is 397 g/mol. The van der Waals surface area contributed by atoms with Gasteiger partial charge in [0, 0.05) is 17.3 Å². The molecule has 0 saturated carbocycles. The first kappa shape index (κ1) is 19.5. The van der Waals surface area contributed by atoms with Crippen LogP contribution in [0.5, 0.6) is 0 Å². The van der Waals surface area contributed by atoms with Crippen LogP contribution < -0.4 is 16.0 Å². The maximum Gasteiger partial charge on any atom is 0.315 e. The Morgan fingerprint density at radius 3 is 2.54 bits per heavy atom. The van der Waals surface area contributed by atoms with Crippen molar-refractivity contribution in [2.45, 2.75) is 19.5 Å². The van der Waals surface area contributed by atoms with E-state index in [0.717, 1.165) is 11.1 Å². The van der Waals surface area contributed by atoms with Gasteiger partial charge in [-0.25, -0.2) is 4.79 Å². The van der Waals surface area contributed by atoms with Gasteiger partial charge >= 0.3 is 6.03 Å². The van der Waals surface area contributed by atoms with Gasteiger partial charge in [0.2, 0.25) is 0 Å². The second kappa shape index (κ2) is 9.10. The minimum Gasteiger partial charge on any atom is -0.459 e. The zero-order valence-electron chi connectivity index (χ0n) is 15.2. The number of hydrogen-bond donors (Lipinski definition) is 3. The third-order valence-electron chi connectivity index (χ3n) is 4.11. The molecule has 0 bridgehead atoms. The first-order valence-corrected chi connectivity index (χ1v) is 9.12. The number of carbonyl (C=O) groups excluding carboxylic acids is 2. The van der Waals surface area contributed by atoms with Crippen molar-refractivity contribution in [1.82, 2.24) is 10.6 Å². The van der Waals surface area contributed by atoms with E-state index in [-0.39, 0.29) is 23.7 Å². The number of rotatable bonds is 6. The molecule has 28 heavy (non-hydrogen) atoms. The molecule has 144 valence electrons. The molecule has 3 N–H and O–H groups in total. The van der Waals surface area contributed by atoms with Crippen molar-refractivity contribution < 1.29 is 14.0 Å². The van der Waals surface area contributed by atoms with Crippen molar-refractivity contribution in [3.05, 3.63) is 88.8 Å². The number of benzene rings is 2. The SMILES string of the molecule is CC(NC(=O)NCc1ccc(NC(=O)c2ccco2)cc1)c1cccc(Cl)c1. The van der Waals surface area contributed by atoms with Crippen LogP contribution >= 0.6 is 11.6 Å². The van der Waals surface area contributed by atoms with Gasteiger partial charge < -0.3 is 20.4 Å². The van der Waals surface area contributed by atoms with E-state index in [1.807, 2.05) is 37.3 Å². The van der Waals surface area contributed by atoms with Crippen molar-refractivity contribution in [3.8, 4) is 0 Å². The summed E-state index contributed by atoms with van der Waals surface area (Å²) in [7, 11) is 0. The highest BCUT2D eigenvalue weighted by Gasteiger charge is 2.10. The van der Waals surface area contributed by atoms with Gasteiger partial charge in [-0.05, 0) is 54.4 Å². The smallest absolute Gasteiger partial charge is 0.315 e. The number of urea groups is 1. The molecule has 1 aromatic heterocycles. The van der Waals surface area contributed by atoms with Crippen LogP contribution in [-0.2, 0) is 6.54 Å². The van der Waals surface area contributed by atoms with E-state index in [1.54, 1.807) is 30.3 Å². The van der Waals surface area contributed by atoms with Crippen LogP contribution in [0.1, 0.15) is 34.6 Å². The van der Waals surface area contributed by atoms with E-state index in [9.17, 15) is 9.59 Å². The molecular formula is C21H20ClN3O3. The minimum atomic E-state index is -0.315. The summed E-state index contributed by atoms with van der Waals surface area (Å²) in [5.41, 5.74) is 2.48. The fourth-order valence-electron chi connectivity index (χ4n) is 2.60. The van der Waals surface area contributed by atoms with Crippen LogP contribution in [0.2, 0.25) is 5.02 Å². The first-order valence-electron chi connectivity index (χ1n) is 8.75. The number of furan rings is 1. The summed E-state index contributed by atoms with van der Waals surface area (Å²) in [5.74, 6) is -0.0681. The molecule has 3 rings (SSSR count). The molecule has 1 unspecified atom stereocenters. The zero-order chi connectivity index (χ0) is 19.9. The molecule has 7 heteroatoms. The van der Waals surface area contributed by atoms with E-state index in [1.165, 1.54) is 6.26 Å². The summed E-state index contributed by atoms with van der Waals surface area (Å²) in [5, 5.41) is 9.05. The van der Waals surface area contributed by atoms with Crippen molar-refractivity contribution in [1.29, 1.82) is 0 Å². The quantitative estimate of drug-likeness (QED) is 0.561. The lowest BCUT2D eigenvalue weighted by molar-refractivity contribution is 0.0996. The van der Waals surface area contributed by atoms with E-state index in [2.05, 4.69) is 16.0 Å². The maximum absolute atomic E-state index is 12.1. The van der Waals surface area contributed by atoms with Gasteiger partial charge in [-0.3, -0.25) is 4.79 Å². The Morgan fingerprint density at radius 2 is 1.86 bits per heavy atom. The zero-order valence-corrected chi connectivity index (χ0v) is 16.0. The second-order valence-electron chi connectivity index (χ2n) is 6.23. The number of anilines is 1. The summed E-state index contributed by atoms with van der Waals surface area (Å²) >= 11 is 5.98. The Labute approximate surface area is 167 Å². The highest BCUT2D eigenvalue weighted by Crippen LogP contribution is 2.17. The fourth-order valence-corrected chi connectivity index (χ4v) is 2.79. The Balaban J connectivity index is 1.47. The van der Waals surface area contributed by atoms with Crippen molar-refractivity contribution >= 4 is 29.2 Å². The van der Waals surface area contributed by atoms with Gasteiger partial charge in [0.15, 0.2) is 5.76 Å². The van der Waals surface area contributed by atoms with Crippen LogP contribution in [-0.4, -0.2) is 11.9 Å². The van der Waals surface area contributed by atoms with Crippen LogP contribution in [0.15, 0.2) is 71.3 Å². The van der Waals surface area contributed by atoms with Crippen LogP contribution in [0.3, 0.4) is 0 Å². The van der Waals surface area contributed by atoms with Gasteiger partial charge in [-0.1, -0.05) is 35.9 Å². The summed E-state index contributed by atoms with van der Waals surface area (Å²) in [6.45, 7) is 2.25. The molecule has 0 radical (unpaired) electrons. The Morgan fingerprint density at radius 1 is 1.07 bits per heavy atom. The lowest BCUT2D eigenvalue weighted by Gasteiger charge is -2.15. The molecule has 0 fully saturated rings. The van der Waals surface area contributed by atoms with Crippen LogP contribution in [0, 0.1) is 0 Å². The Kier molecular flexibility index (Phi) is 6.34. The molecule has 1 heterocycles. The summed E-state index contributed by atoms with van der Waals surface area (Å²) in [4.78, 5) is 24.0. The normalized spacial score (nSPS) is 11.5. The number of carbonyl (C=O) groups is 2. The molecular weight excluding hydrogens is 378 g/mol. The summed E-state index contributed by atoms with van der Waals surface area (Å²) < 4.78 is 5.05. The average Bonchev–Trinajstić information content (AvgIpc) is 3.22. The van der Waals surface area contributed by atoms with E-state index in [4.69, 9.17) is 16.0 Å². The van der Waals surface area contributed by atoms with Crippen molar-refractivity contribution in [2.75, 3.05) is 5.32 Å². The summed E-state index contributed by atoms with van der Waals surface area (Å²) in [6, 6.07) is 17.4. The third-order valence-corrected chi connectivity index (χ3v) is 4.34. The van der Waals surface area contributed by atoms with E-state index >= 15 is 0 Å². The standard InChI is InChI=1S/C21H20ClN3O3/c1-14(16-4-2-5-17(22)12-16)24-21(27)23-13-15-7-9-18(10-8-15)25-20(26)19-6-3-11-28-19/h2-12,14H,13H2,1H3,(H,25,26)(H2,23,24,27). The predicted molar refractivity (Wildman–Crippen MR) is 108 cm³/mol. The van der Waals surface area contributed by atoms with Gasteiger partial charge in [-0.15, -0.1) is 0 Å². The van der Waals surface area contributed by atoms with Gasteiger partial charge in [-0.2, -0.15) is 0 Å². The highest BCUT2D eigenvalue weighted by molar-refractivity contribution is 6.30. The average molecular weight is 398 g/mol. The molecule has 0 aliphatic carbocycles. The molecule has 0 aliphatic rings. The molecule has 3 aromatic rings. The molecule has 2 aromatic carbocycles. The van der Waals surface area contributed by atoms with Gasteiger partial charge in [0.05, 0.1) is 12.3 Å². The molecule has 0 aliphatic heterocycles. The van der Waals surface area contributed by atoms with Crippen molar-refractivity contribution in [2.24, 2.45) is 0 Å². The Hall–Kier alpha value is -3.25. The fraction of sp³-hybridized carbons (Fsp3) is 0.143. The lowest BCUT2D eigenvalue weighted by atomic mass is 10.1. The van der Waals surface area contributed by atoms with Gasteiger partial charge in [0.1, 0.15) is 0 Å². The van der Waals surface area contributed by atoms with Gasteiger partial charge in [0.25, 0.3) is 5.91 Å². The maximum atomic E-state index is 12.1. The highest BCUT2D eigenvalue weighted by atomic mass is 35.5. The van der Waals surface area contributed by atoms with Crippen LogP contribution in [0.25, 0.3) is 0 Å². The second-order valence-corrected chi connectivity index (χ2v) is 6.67. The molecule has 0 saturated heterocycles. The van der Waals surface area contributed by atoms with E-state index < -0.39 is 0 Å². The first-order chi connectivity index (χ1) is 13.5. The number of nitrogens with one attached hydrogen (secondary N) is 3. The third kappa shape index (κ3) is 5.37. The predicted octanol–water partition coefficient (Wildman–Crippen LogP) is 4.75. The minimum absolute atomic E-state index is 0.169. The Bertz CT molecular complexity index is 940. The van der Waals surface area contributed by atoms with E-state index in [0.29, 0.717) is 17.3 Å². The molecule has 6 nitrogen and oxygen atoms in total. The van der Waals surface area contributed by atoms with Crippen LogP contribution in [0.4, 0.5) is 10.5 Å². The number of hydrogen-bond acceptors (Lipinski definition) is 3. The molecule has 3 amide bonds. The molecule has 0 spiro atoms. The summed E-state index contributed by atoms with van der Waals surface area (Å²) in [6.07, 6.45) is 1.45. The van der Waals surface area contributed by atoms with Crippen molar-refractivity contribution in [3.63, 3.8) is 0 Å². The number of halogens is 1. The molecule has 1 atom stereocenters.